The molecule has 0 spiro atoms. The van der Waals surface area contributed by atoms with Gasteiger partial charge in [-0.3, -0.25) is 4.79 Å². The zero-order valence-electron chi connectivity index (χ0n) is 14.3. The smallest absolute Gasteiger partial charge is 0.342 e. The number of amides is 1. The number of benzene rings is 2. The molecular formula is C19H21NO4. The zero-order valence-corrected chi connectivity index (χ0v) is 14.3. The van der Waals surface area contributed by atoms with Gasteiger partial charge < -0.3 is 14.4 Å². The van der Waals surface area contributed by atoms with Crippen LogP contribution in [0.3, 0.4) is 0 Å². The third-order valence-corrected chi connectivity index (χ3v) is 3.68. The second-order valence-electron chi connectivity index (χ2n) is 5.48. The Morgan fingerprint density at radius 2 is 1.75 bits per heavy atom. The van der Waals surface area contributed by atoms with Gasteiger partial charge in [0.05, 0.1) is 7.11 Å². The minimum absolute atomic E-state index is 0.304. The highest BCUT2D eigenvalue weighted by Crippen LogP contribution is 2.21. The number of likely N-dealkylation sites (N-methyl/N-ethyl adjacent to an activating group) is 1. The molecule has 0 saturated carbocycles. The molecule has 0 unspecified atom stereocenters. The number of carbonyl (C=O) groups excluding carboxylic acids is 2. The van der Waals surface area contributed by atoms with Crippen LogP contribution in [-0.4, -0.2) is 32.1 Å². The van der Waals surface area contributed by atoms with E-state index in [1.165, 1.54) is 12.0 Å². The number of nitrogens with zero attached hydrogens (tertiary/aromatic N) is 1. The molecule has 0 heterocycles. The maximum atomic E-state index is 12.4. The minimum Gasteiger partial charge on any atom is -0.496 e. The molecule has 0 aromatic heterocycles. The van der Waals surface area contributed by atoms with Crippen molar-refractivity contribution in [3.63, 3.8) is 0 Å². The molecular weight excluding hydrogens is 306 g/mol. The molecule has 0 aliphatic carbocycles. The lowest BCUT2D eigenvalue weighted by Gasteiger charge is -2.22. The summed E-state index contributed by atoms with van der Waals surface area (Å²) in [4.78, 5) is 26.3. The first-order valence-corrected chi connectivity index (χ1v) is 7.62. The van der Waals surface area contributed by atoms with Crippen LogP contribution in [0.4, 0.5) is 5.69 Å². The van der Waals surface area contributed by atoms with E-state index < -0.39 is 12.1 Å². The molecule has 0 aliphatic heterocycles. The second-order valence-corrected chi connectivity index (χ2v) is 5.48. The van der Waals surface area contributed by atoms with Crippen LogP contribution in [0.2, 0.25) is 0 Å². The fraction of sp³-hybridized carbons (Fsp3) is 0.263. The van der Waals surface area contributed by atoms with Gasteiger partial charge in [-0.05, 0) is 38.1 Å². The lowest BCUT2D eigenvalue weighted by atomic mass is 10.1. The largest absolute Gasteiger partial charge is 0.496 e. The molecule has 2 aromatic rings. The third kappa shape index (κ3) is 3.93. The number of ether oxygens (including phenoxy) is 2. The SMILES string of the molecule is COc1ccc(C)cc1C(=O)O[C@H](C)C(=O)N(C)c1ccccc1. The van der Waals surface area contributed by atoms with E-state index in [1.54, 1.807) is 26.1 Å². The van der Waals surface area contributed by atoms with Gasteiger partial charge >= 0.3 is 5.97 Å². The summed E-state index contributed by atoms with van der Waals surface area (Å²) in [6, 6.07) is 14.4. The van der Waals surface area contributed by atoms with Crippen molar-refractivity contribution >= 4 is 17.6 Å². The van der Waals surface area contributed by atoms with E-state index in [0.717, 1.165) is 11.3 Å². The van der Waals surface area contributed by atoms with Crippen LogP contribution in [-0.2, 0) is 9.53 Å². The zero-order chi connectivity index (χ0) is 17.7. The standard InChI is InChI=1S/C19H21NO4/c1-13-10-11-17(23-4)16(12-13)19(22)24-14(2)18(21)20(3)15-8-6-5-7-9-15/h5-12,14H,1-4H3/t14-/m1/s1. The minimum atomic E-state index is -0.909. The van der Waals surface area contributed by atoms with Gasteiger partial charge in [-0.1, -0.05) is 29.8 Å². The number of anilines is 1. The Kier molecular flexibility index (Phi) is 5.58. The van der Waals surface area contributed by atoms with Crippen LogP contribution in [0.15, 0.2) is 48.5 Å². The van der Waals surface area contributed by atoms with Crippen LogP contribution in [0, 0.1) is 6.92 Å². The van der Waals surface area contributed by atoms with Crippen molar-refractivity contribution in [1.82, 2.24) is 0 Å². The van der Waals surface area contributed by atoms with E-state index in [0.29, 0.717) is 11.3 Å². The van der Waals surface area contributed by atoms with Crippen molar-refractivity contribution in [2.24, 2.45) is 0 Å². The molecule has 2 aromatic carbocycles. The van der Waals surface area contributed by atoms with E-state index in [1.807, 2.05) is 43.3 Å². The Morgan fingerprint density at radius 1 is 1.08 bits per heavy atom. The average molecular weight is 327 g/mol. The van der Waals surface area contributed by atoms with Crippen molar-refractivity contribution in [2.45, 2.75) is 20.0 Å². The molecule has 0 bridgehead atoms. The Bertz CT molecular complexity index is 727. The van der Waals surface area contributed by atoms with Crippen LogP contribution in [0.1, 0.15) is 22.8 Å². The van der Waals surface area contributed by atoms with Gasteiger partial charge in [-0.15, -0.1) is 0 Å². The Morgan fingerprint density at radius 3 is 2.38 bits per heavy atom. The van der Waals surface area contributed by atoms with Gasteiger partial charge in [0.25, 0.3) is 5.91 Å². The van der Waals surface area contributed by atoms with E-state index in [-0.39, 0.29) is 5.91 Å². The average Bonchev–Trinajstić information content (AvgIpc) is 2.61. The summed E-state index contributed by atoms with van der Waals surface area (Å²) in [6.07, 6.45) is -0.909. The lowest BCUT2D eigenvalue weighted by Crippen LogP contribution is -2.37. The molecule has 24 heavy (non-hydrogen) atoms. The summed E-state index contributed by atoms with van der Waals surface area (Å²) < 4.78 is 10.5. The summed E-state index contributed by atoms with van der Waals surface area (Å²) in [5.41, 5.74) is 1.95. The number of para-hydroxylation sites is 1. The first-order chi connectivity index (χ1) is 11.4. The van der Waals surface area contributed by atoms with Gasteiger partial charge in [0.15, 0.2) is 6.10 Å². The molecule has 1 amide bonds. The van der Waals surface area contributed by atoms with E-state index >= 15 is 0 Å². The predicted molar refractivity (Wildman–Crippen MR) is 92.5 cm³/mol. The highest BCUT2D eigenvalue weighted by atomic mass is 16.5. The molecule has 2 rings (SSSR count). The number of hydrogen-bond donors (Lipinski definition) is 0. The fourth-order valence-electron chi connectivity index (χ4n) is 2.31. The second kappa shape index (κ2) is 7.64. The highest BCUT2D eigenvalue weighted by molar-refractivity contribution is 5.99. The monoisotopic (exact) mass is 327 g/mol. The van der Waals surface area contributed by atoms with Crippen LogP contribution in [0.25, 0.3) is 0 Å². The topological polar surface area (TPSA) is 55.8 Å². The third-order valence-electron chi connectivity index (χ3n) is 3.68. The molecule has 126 valence electrons. The molecule has 0 fully saturated rings. The molecule has 5 nitrogen and oxygen atoms in total. The highest BCUT2D eigenvalue weighted by Gasteiger charge is 2.24. The number of methoxy groups -OCH3 is 1. The summed E-state index contributed by atoms with van der Waals surface area (Å²) in [5.74, 6) is -0.472. The van der Waals surface area contributed by atoms with Crippen LogP contribution in [0.5, 0.6) is 5.75 Å². The van der Waals surface area contributed by atoms with E-state index in [2.05, 4.69) is 0 Å². The lowest BCUT2D eigenvalue weighted by molar-refractivity contribution is -0.126. The number of hydrogen-bond acceptors (Lipinski definition) is 4. The van der Waals surface area contributed by atoms with E-state index in [4.69, 9.17) is 9.47 Å². The molecule has 1 atom stereocenters. The van der Waals surface area contributed by atoms with Crippen molar-refractivity contribution < 1.29 is 19.1 Å². The van der Waals surface area contributed by atoms with Gasteiger partial charge in [-0.25, -0.2) is 4.79 Å². The maximum Gasteiger partial charge on any atom is 0.342 e. The first kappa shape index (κ1) is 17.5. The quantitative estimate of drug-likeness (QED) is 0.791. The van der Waals surface area contributed by atoms with Crippen molar-refractivity contribution in [3.8, 4) is 5.75 Å². The summed E-state index contributed by atoms with van der Waals surface area (Å²) >= 11 is 0. The molecule has 5 heteroatoms. The fourth-order valence-corrected chi connectivity index (χ4v) is 2.31. The number of carbonyl (C=O) groups is 2. The molecule has 0 aliphatic rings. The maximum absolute atomic E-state index is 12.4. The number of aryl methyl sites for hydroxylation is 1. The van der Waals surface area contributed by atoms with Crippen molar-refractivity contribution in [2.75, 3.05) is 19.1 Å². The molecule has 0 saturated heterocycles. The first-order valence-electron chi connectivity index (χ1n) is 7.62. The van der Waals surface area contributed by atoms with Crippen molar-refractivity contribution in [1.29, 1.82) is 0 Å². The predicted octanol–water partition coefficient (Wildman–Crippen LogP) is 3.21. The molecule has 0 N–H and O–H groups in total. The Balaban J connectivity index is 2.11. The normalized spacial score (nSPS) is 11.5. The van der Waals surface area contributed by atoms with Crippen LogP contribution >= 0.6 is 0 Å². The van der Waals surface area contributed by atoms with Crippen LogP contribution < -0.4 is 9.64 Å². The number of esters is 1. The van der Waals surface area contributed by atoms with Crippen molar-refractivity contribution in [3.05, 3.63) is 59.7 Å². The molecule has 0 radical (unpaired) electrons. The summed E-state index contributed by atoms with van der Waals surface area (Å²) in [6.45, 7) is 3.43. The van der Waals surface area contributed by atoms with Gasteiger partial charge in [-0.2, -0.15) is 0 Å². The van der Waals surface area contributed by atoms with E-state index in [9.17, 15) is 9.59 Å². The Labute approximate surface area is 141 Å². The Hall–Kier alpha value is -2.82. The van der Waals surface area contributed by atoms with Gasteiger partial charge in [0.1, 0.15) is 11.3 Å². The summed E-state index contributed by atoms with van der Waals surface area (Å²) in [5, 5.41) is 0. The van der Waals surface area contributed by atoms with Gasteiger partial charge in [0.2, 0.25) is 0 Å². The van der Waals surface area contributed by atoms with Gasteiger partial charge in [0, 0.05) is 12.7 Å². The number of rotatable bonds is 5. The summed E-state index contributed by atoms with van der Waals surface area (Å²) in [7, 11) is 3.13.